The predicted octanol–water partition coefficient (Wildman–Crippen LogP) is 2.69. The molecule has 0 saturated carbocycles. The molecule has 1 aliphatic rings. The van der Waals surface area contributed by atoms with Gasteiger partial charge >= 0.3 is 5.97 Å². The smallest absolute Gasteiger partial charge is 0.308 e. The molecule has 4 nitrogen and oxygen atoms in total. The number of ether oxygens (including phenoxy) is 1. The molecule has 1 aliphatic carbocycles. The maximum atomic E-state index is 11.5. The topological polar surface area (TPSA) is 43.6 Å². The number of fused-ring (bicyclic) bond motifs is 1. The fourth-order valence-corrected chi connectivity index (χ4v) is 2.68. The largest absolute Gasteiger partial charge is 0.469 e. The van der Waals surface area contributed by atoms with E-state index < -0.39 is 0 Å². The van der Waals surface area contributed by atoms with Crippen molar-refractivity contribution in [2.24, 2.45) is 5.92 Å². The predicted molar refractivity (Wildman–Crippen MR) is 72.5 cm³/mol. The zero-order valence-corrected chi connectivity index (χ0v) is 10.9. The Morgan fingerprint density at radius 1 is 1.47 bits per heavy atom. The molecule has 0 aromatic carbocycles. The van der Waals surface area contributed by atoms with E-state index in [2.05, 4.69) is 17.2 Å². The van der Waals surface area contributed by atoms with E-state index in [1.807, 2.05) is 22.8 Å². The molecule has 0 N–H and O–H groups in total. The molecule has 2 aromatic heterocycles. The monoisotopic (exact) mass is 256 g/mol. The molecule has 0 saturated heterocycles. The summed E-state index contributed by atoms with van der Waals surface area (Å²) in [7, 11) is 1.45. The summed E-state index contributed by atoms with van der Waals surface area (Å²) in [6.07, 6.45) is 8.43. The van der Waals surface area contributed by atoms with Gasteiger partial charge in [-0.3, -0.25) is 4.79 Å². The average Bonchev–Trinajstić information content (AvgIpc) is 2.95. The molecule has 19 heavy (non-hydrogen) atoms. The van der Waals surface area contributed by atoms with E-state index >= 15 is 0 Å². The van der Waals surface area contributed by atoms with Gasteiger partial charge in [-0.15, -0.1) is 0 Å². The first-order chi connectivity index (χ1) is 9.29. The molecule has 1 atom stereocenters. The maximum Gasteiger partial charge on any atom is 0.308 e. The van der Waals surface area contributed by atoms with E-state index in [-0.39, 0.29) is 11.9 Å². The summed E-state index contributed by atoms with van der Waals surface area (Å²) in [6, 6.07) is 6.13. The number of pyridine rings is 1. The van der Waals surface area contributed by atoms with Crippen molar-refractivity contribution in [1.82, 2.24) is 9.61 Å². The number of methoxy groups -OCH3 is 1. The van der Waals surface area contributed by atoms with Crippen LogP contribution in [0.15, 0.2) is 36.7 Å². The first-order valence-corrected chi connectivity index (χ1v) is 6.49. The first-order valence-electron chi connectivity index (χ1n) is 6.49. The maximum absolute atomic E-state index is 11.5. The average molecular weight is 256 g/mol. The highest BCUT2D eigenvalue weighted by atomic mass is 16.5. The Morgan fingerprint density at radius 3 is 3.11 bits per heavy atom. The highest BCUT2D eigenvalue weighted by Crippen LogP contribution is 2.32. The van der Waals surface area contributed by atoms with Crippen molar-refractivity contribution in [3.63, 3.8) is 0 Å². The second-order valence-electron chi connectivity index (χ2n) is 4.81. The van der Waals surface area contributed by atoms with Crippen molar-refractivity contribution in [1.29, 1.82) is 0 Å². The van der Waals surface area contributed by atoms with Crippen LogP contribution in [0, 0.1) is 5.92 Å². The lowest BCUT2D eigenvalue weighted by Crippen LogP contribution is -2.18. The van der Waals surface area contributed by atoms with Gasteiger partial charge in [-0.2, -0.15) is 5.10 Å². The second-order valence-corrected chi connectivity index (χ2v) is 4.81. The van der Waals surface area contributed by atoms with Crippen molar-refractivity contribution in [3.8, 4) is 0 Å². The Labute approximate surface area is 111 Å². The molecular formula is C15H16N2O2. The molecule has 3 rings (SSSR count). The fourth-order valence-electron chi connectivity index (χ4n) is 2.68. The number of allylic oxidation sites excluding steroid dienone is 2. The lowest BCUT2D eigenvalue weighted by molar-refractivity contribution is -0.145. The van der Waals surface area contributed by atoms with Crippen molar-refractivity contribution in [2.75, 3.05) is 7.11 Å². The number of esters is 1. The van der Waals surface area contributed by atoms with Gasteiger partial charge < -0.3 is 4.74 Å². The van der Waals surface area contributed by atoms with Gasteiger partial charge in [-0.05, 0) is 37.0 Å². The summed E-state index contributed by atoms with van der Waals surface area (Å²) in [5.41, 5.74) is 3.62. The van der Waals surface area contributed by atoms with Crippen LogP contribution in [0.3, 0.4) is 0 Å². The quantitative estimate of drug-likeness (QED) is 0.776. The van der Waals surface area contributed by atoms with Gasteiger partial charge in [0.05, 0.1) is 18.5 Å². The SMILES string of the molecule is COC(=O)C1CC=C(c2cccn3nccc23)CC1. The molecule has 0 bridgehead atoms. The third kappa shape index (κ3) is 2.14. The molecule has 4 heteroatoms. The van der Waals surface area contributed by atoms with Gasteiger partial charge in [0.2, 0.25) is 0 Å². The third-order valence-corrected chi connectivity index (χ3v) is 3.73. The summed E-state index contributed by atoms with van der Waals surface area (Å²) in [6.45, 7) is 0. The molecule has 2 aromatic rings. The van der Waals surface area contributed by atoms with Crippen LogP contribution in [0.2, 0.25) is 0 Å². The minimum absolute atomic E-state index is 0.0124. The van der Waals surface area contributed by atoms with E-state index in [9.17, 15) is 4.79 Å². The molecule has 1 unspecified atom stereocenters. The summed E-state index contributed by atoms with van der Waals surface area (Å²) in [5, 5.41) is 4.25. The Hall–Kier alpha value is -2.10. The van der Waals surface area contributed by atoms with Crippen LogP contribution in [0.1, 0.15) is 24.8 Å². The first kappa shape index (κ1) is 12.0. The fraction of sp³-hybridized carbons (Fsp3) is 0.333. The molecular weight excluding hydrogens is 240 g/mol. The summed E-state index contributed by atoms with van der Waals surface area (Å²) in [5.74, 6) is -0.0868. The Bertz CT molecular complexity index is 642. The molecule has 0 aliphatic heterocycles. The van der Waals surface area contributed by atoms with E-state index in [0.29, 0.717) is 0 Å². The molecule has 2 heterocycles. The number of hydrogen-bond donors (Lipinski definition) is 0. The normalized spacial score (nSPS) is 19.2. The molecule has 0 spiro atoms. The number of carbonyl (C=O) groups excluding carboxylic acids is 1. The highest BCUT2D eigenvalue weighted by molar-refractivity contribution is 5.80. The van der Waals surface area contributed by atoms with Crippen molar-refractivity contribution in [3.05, 3.63) is 42.2 Å². The number of carbonyl (C=O) groups is 1. The summed E-state index contributed by atoms with van der Waals surface area (Å²) < 4.78 is 6.68. The van der Waals surface area contributed by atoms with Gasteiger partial charge in [0.15, 0.2) is 0 Å². The van der Waals surface area contributed by atoms with Gasteiger partial charge in [-0.1, -0.05) is 12.1 Å². The second kappa shape index (κ2) is 4.88. The minimum Gasteiger partial charge on any atom is -0.469 e. The van der Waals surface area contributed by atoms with Crippen molar-refractivity contribution < 1.29 is 9.53 Å². The zero-order valence-electron chi connectivity index (χ0n) is 10.9. The lowest BCUT2D eigenvalue weighted by atomic mass is 9.86. The Kier molecular flexibility index (Phi) is 3.07. The third-order valence-electron chi connectivity index (χ3n) is 3.73. The van der Waals surface area contributed by atoms with Gasteiger partial charge in [0, 0.05) is 18.0 Å². The number of nitrogens with zero attached hydrogens (tertiary/aromatic N) is 2. The van der Waals surface area contributed by atoms with Gasteiger partial charge in [0.25, 0.3) is 0 Å². The van der Waals surface area contributed by atoms with E-state index in [1.165, 1.54) is 18.2 Å². The molecule has 98 valence electrons. The molecule has 0 fully saturated rings. The van der Waals surface area contributed by atoms with E-state index in [0.717, 1.165) is 24.8 Å². The van der Waals surface area contributed by atoms with Crippen LogP contribution >= 0.6 is 0 Å². The van der Waals surface area contributed by atoms with Crippen LogP contribution in [0.5, 0.6) is 0 Å². The van der Waals surface area contributed by atoms with Crippen LogP contribution in [-0.4, -0.2) is 22.7 Å². The summed E-state index contributed by atoms with van der Waals surface area (Å²) in [4.78, 5) is 11.5. The number of aromatic nitrogens is 2. The summed E-state index contributed by atoms with van der Waals surface area (Å²) >= 11 is 0. The van der Waals surface area contributed by atoms with Crippen LogP contribution in [-0.2, 0) is 9.53 Å². The lowest BCUT2D eigenvalue weighted by Gasteiger charge is -2.20. The minimum atomic E-state index is -0.0992. The van der Waals surface area contributed by atoms with Gasteiger partial charge in [0.1, 0.15) is 0 Å². The van der Waals surface area contributed by atoms with Crippen molar-refractivity contribution >= 4 is 17.1 Å². The highest BCUT2D eigenvalue weighted by Gasteiger charge is 2.23. The molecule has 0 radical (unpaired) electrons. The zero-order chi connectivity index (χ0) is 13.2. The van der Waals surface area contributed by atoms with Crippen LogP contribution in [0.4, 0.5) is 0 Å². The van der Waals surface area contributed by atoms with E-state index in [1.54, 1.807) is 6.20 Å². The standard InChI is InChI=1S/C15H16N2O2/c1-19-15(18)12-6-4-11(5-7-12)13-3-2-10-17-14(13)8-9-16-17/h2-4,8-10,12H,5-7H2,1H3. The Balaban J connectivity index is 1.90. The van der Waals surface area contributed by atoms with Crippen LogP contribution < -0.4 is 0 Å². The van der Waals surface area contributed by atoms with Gasteiger partial charge in [-0.25, -0.2) is 4.52 Å². The molecule has 0 amide bonds. The Morgan fingerprint density at radius 2 is 2.37 bits per heavy atom. The number of rotatable bonds is 2. The van der Waals surface area contributed by atoms with E-state index in [4.69, 9.17) is 4.74 Å². The van der Waals surface area contributed by atoms with Crippen LogP contribution in [0.25, 0.3) is 11.1 Å². The van der Waals surface area contributed by atoms with Crippen molar-refractivity contribution in [2.45, 2.75) is 19.3 Å². The number of hydrogen-bond acceptors (Lipinski definition) is 3.